The summed E-state index contributed by atoms with van der Waals surface area (Å²) in [6, 6.07) is 9.55. The second kappa shape index (κ2) is 9.00. The maximum absolute atomic E-state index is 13.4. The summed E-state index contributed by atoms with van der Waals surface area (Å²) in [4.78, 5) is 32.3. The molecular weight excluding hydrogens is 458 g/mol. The molecule has 2 aromatic heterocycles. The first-order valence-electron chi connectivity index (χ1n) is 10.4. The number of anilines is 1. The van der Waals surface area contributed by atoms with E-state index in [0.29, 0.717) is 26.7 Å². The SMILES string of the molecule is COc1cc(Cl)c(C)cc1NC(=O)Cn1cnc2sc(C)c(-c3ccc(C)c(C)c3)c2c1=O. The molecule has 0 aliphatic rings. The Balaban J connectivity index is 1.70. The standard InChI is InChI=1S/C25H24ClN3O3S/c1-13-6-7-17(8-14(13)2)22-16(4)33-24-23(22)25(31)29(12-27-24)11-21(30)28-19-9-15(3)18(26)10-20(19)32-5/h6-10,12H,11H2,1-5H3,(H,28,30). The van der Waals surface area contributed by atoms with E-state index in [2.05, 4.69) is 36.3 Å². The number of methoxy groups -OCH3 is 1. The predicted octanol–water partition coefficient (Wildman–Crippen LogP) is 5.66. The molecule has 2 heterocycles. The van der Waals surface area contributed by atoms with Gasteiger partial charge < -0.3 is 10.1 Å². The number of carbonyl (C=O) groups excluding carboxylic acids is 1. The number of nitrogens with one attached hydrogen (secondary N) is 1. The largest absolute Gasteiger partial charge is 0.495 e. The van der Waals surface area contributed by atoms with Gasteiger partial charge in [-0.3, -0.25) is 14.2 Å². The highest BCUT2D eigenvalue weighted by atomic mass is 35.5. The zero-order valence-corrected chi connectivity index (χ0v) is 20.6. The van der Waals surface area contributed by atoms with Gasteiger partial charge in [0.15, 0.2) is 0 Å². The number of rotatable bonds is 5. The molecule has 0 unspecified atom stereocenters. The van der Waals surface area contributed by atoms with Crippen molar-refractivity contribution in [3.8, 4) is 16.9 Å². The van der Waals surface area contributed by atoms with Gasteiger partial charge in [0, 0.05) is 21.5 Å². The molecule has 0 bridgehead atoms. The molecule has 170 valence electrons. The second-order valence-corrected chi connectivity index (χ2v) is 9.65. The molecule has 0 atom stereocenters. The molecule has 0 spiro atoms. The van der Waals surface area contributed by atoms with Crippen LogP contribution in [-0.2, 0) is 11.3 Å². The van der Waals surface area contributed by atoms with Crippen LogP contribution in [0.15, 0.2) is 41.5 Å². The van der Waals surface area contributed by atoms with Crippen LogP contribution < -0.4 is 15.6 Å². The van der Waals surface area contributed by atoms with Gasteiger partial charge in [-0.2, -0.15) is 0 Å². The van der Waals surface area contributed by atoms with Crippen LogP contribution in [0, 0.1) is 27.7 Å². The summed E-state index contributed by atoms with van der Waals surface area (Å²) in [5, 5.41) is 3.89. The summed E-state index contributed by atoms with van der Waals surface area (Å²) >= 11 is 7.63. The number of aromatic nitrogens is 2. The maximum atomic E-state index is 13.4. The number of aryl methyl sites for hydroxylation is 4. The Bertz CT molecular complexity index is 1460. The summed E-state index contributed by atoms with van der Waals surface area (Å²) in [5.41, 5.74) is 5.25. The summed E-state index contributed by atoms with van der Waals surface area (Å²) in [5.74, 6) is 0.0864. The molecule has 6 nitrogen and oxygen atoms in total. The number of amides is 1. The van der Waals surface area contributed by atoms with Crippen molar-refractivity contribution >= 4 is 44.7 Å². The van der Waals surface area contributed by atoms with E-state index in [1.165, 1.54) is 34.9 Å². The van der Waals surface area contributed by atoms with Crippen molar-refractivity contribution in [1.29, 1.82) is 0 Å². The molecule has 0 fully saturated rings. The van der Waals surface area contributed by atoms with Gasteiger partial charge in [-0.1, -0.05) is 29.8 Å². The van der Waals surface area contributed by atoms with E-state index in [4.69, 9.17) is 16.3 Å². The Labute approximate surface area is 200 Å². The van der Waals surface area contributed by atoms with Gasteiger partial charge in [0.1, 0.15) is 17.1 Å². The minimum Gasteiger partial charge on any atom is -0.495 e. The Morgan fingerprint density at radius 2 is 1.88 bits per heavy atom. The molecular formula is C25H24ClN3O3S. The number of nitrogens with zero attached hydrogens (tertiary/aromatic N) is 2. The maximum Gasteiger partial charge on any atom is 0.263 e. The van der Waals surface area contributed by atoms with Crippen LogP contribution >= 0.6 is 22.9 Å². The van der Waals surface area contributed by atoms with Crippen LogP contribution in [0.3, 0.4) is 0 Å². The Morgan fingerprint density at radius 3 is 2.58 bits per heavy atom. The van der Waals surface area contributed by atoms with Crippen molar-refractivity contribution in [2.75, 3.05) is 12.4 Å². The Morgan fingerprint density at radius 1 is 1.12 bits per heavy atom. The van der Waals surface area contributed by atoms with Crippen LogP contribution in [0.4, 0.5) is 5.69 Å². The van der Waals surface area contributed by atoms with Gasteiger partial charge in [0.25, 0.3) is 5.56 Å². The number of carbonyl (C=O) groups is 1. The van der Waals surface area contributed by atoms with E-state index in [0.717, 1.165) is 27.1 Å². The fourth-order valence-electron chi connectivity index (χ4n) is 3.77. The van der Waals surface area contributed by atoms with E-state index in [1.54, 1.807) is 12.1 Å². The van der Waals surface area contributed by atoms with Gasteiger partial charge >= 0.3 is 0 Å². The van der Waals surface area contributed by atoms with Crippen LogP contribution in [0.2, 0.25) is 5.02 Å². The molecule has 1 amide bonds. The molecule has 0 saturated carbocycles. The van der Waals surface area contributed by atoms with Gasteiger partial charge in [-0.05, 0) is 56.0 Å². The number of ether oxygens (including phenoxy) is 1. The first kappa shape index (κ1) is 23.0. The van der Waals surface area contributed by atoms with Crippen molar-refractivity contribution in [3.63, 3.8) is 0 Å². The molecule has 0 saturated heterocycles. The summed E-state index contributed by atoms with van der Waals surface area (Å²) in [6.45, 7) is 7.77. The molecule has 8 heteroatoms. The second-order valence-electron chi connectivity index (χ2n) is 8.04. The van der Waals surface area contributed by atoms with Crippen LogP contribution in [0.5, 0.6) is 5.75 Å². The molecule has 0 aliphatic heterocycles. The van der Waals surface area contributed by atoms with E-state index in [-0.39, 0.29) is 18.0 Å². The van der Waals surface area contributed by atoms with Crippen LogP contribution in [0.1, 0.15) is 21.6 Å². The summed E-state index contributed by atoms with van der Waals surface area (Å²) < 4.78 is 6.66. The van der Waals surface area contributed by atoms with Crippen molar-refractivity contribution < 1.29 is 9.53 Å². The van der Waals surface area contributed by atoms with Gasteiger partial charge in [-0.15, -0.1) is 11.3 Å². The lowest BCUT2D eigenvalue weighted by Gasteiger charge is -2.13. The number of hydrogen-bond donors (Lipinski definition) is 1. The third-order valence-corrected chi connectivity index (χ3v) is 7.14. The number of fused-ring (bicyclic) bond motifs is 1. The first-order valence-corrected chi connectivity index (χ1v) is 11.6. The zero-order chi connectivity index (χ0) is 23.9. The van der Waals surface area contributed by atoms with Crippen molar-refractivity contribution in [1.82, 2.24) is 9.55 Å². The van der Waals surface area contributed by atoms with Gasteiger partial charge in [0.2, 0.25) is 5.91 Å². The van der Waals surface area contributed by atoms with Crippen molar-refractivity contribution in [2.45, 2.75) is 34.2 Å². The van der Waals surface area contributed by atoms with Gasteiger partial charge in [-0.25, -0.2) is 4.98 Å². The molecule has 0 radical (unpaired) electrons. The lowest BCUT2D eigenvalue weighted by Crippen LogP contribution is -2.28. The minimum absolute atomic E-state index is 0.173. The average Bonchev–Trinajstić information content (AvgIpc) is 3.11. The highest BCUT2D eigenvalue weighted by Crippen LogP contribution is 2.36. The van der Waals surface area contributed by atoms with E-state index in [9.17, 15) is 9.59 Å². The lowest BCUT2D eigenvalue weighted by atomic mass is 9.99. The van der Waals surface area contributed by atoms with Gasteiger partial charge in [0.05, 0.1) is 24.5 Å². The zero-order valence-electron chi connectivity index (χ0n) is 19.1. The Hall–Kier alpha value is -3.16. The van der Waals surface area contributed by atoms with Crippen molar-refractivity contribution in [2.24, 2.45) is 0 Å². The minimum atomic E-state index is -0.363. The quantitative estimate of drug-likeness (QED) is 0.399. The fraction of sp³-hybridized carbons (Fsp3) is 0.240. The molecule has 0 aliphatic carbocycles. The normalized spacial score (nSPS) is 11.1. The topological polar surface area (TPSA) is 73.2 Å². The van der Waals surface area contributed by atoms with Crippen molar-refractivity contribution in [3.05, 3.63) is 73.6 Å². The molecule has 4 aromatic rings. The van der Waals surface area contributed by atoms with Crippen LogP contribution in [0.25, 0.3) is 21.3 Å². The van der Waals surface area contributed by atoms with E-state index >= 15 is 0 Å². The fourth-order valence-corrected chi connectivity index (χ4v) is 4.93. The smallest absolute Gasteiger partial charge is 0.263 e. The first-order chi connectivity index (χ1) is 15.7. The molecule has 4 rings (SSSR count). The number of hydrogen-bond acceptors (Lipinski definition) is 5. The van der Waals surface area contributed by atoms with E-state index < -0.39 is 0 Å². The number of halogens is 1. The lowest BCUT2D eigenvalue weighted by molar-refractivity contribution is -0.116. The third-order valence-electron chi connectivity index (χ3n) is 5.72. The monoisotopic (exact) mass is 481 g/mol. The van der Waals surface area contributed by atoms with Crippen LogP contribution in [-0.4, -0.2) is 22.6 Å². The average molecular weight is 482 g/mol. The third kappa shape index (κ3) is 4.38. The molecule has 1 N–H and O–H groups in total. The molecule has 33 heavy (non-hydrogen) atoms. The summed E-state index contributed by atoms with van der Waals surface area (Å²) in [7, 11) is 1.51. The number of thiophene rings is 1. The Kier molecular flexibility index (Phi) is 6.28. The summed E-state index contributed by atoms with van der Waals surface area (Å²) in [6.07, 6.45) is 1.43. The molecule has 2 aromatic carbocycles. The predicted molar refractivity (Wildman–Crippen MR) is 135 cm³/mol. The van der Waals surface area contributed by atoms with E-state index in [1.807, 2.05) is 19.9 Å². The number of benzene rings is 2. The highest BCUT2D eigenvalue weighted by molar-refractivity contribution is 7.19. The highest BCUT2D eigenvalue weighted by Gasteiger charge is 2.19.